The molecule has 9 heteroatoms. The molecule has 9 nitrogen and oxygen atoms in total. The maximum atomic E-state index is 11.1. The molecule has 0 aliphatic carbocycles. The van der Waals surface area contributed by atoms with E-state index in [0.717, 1.165) is 23.8 Å². The normalized spacial score (nSPS) is 11.4. The number of hydrogen-bond donors (Lipinski definition) is 1. The van der Waals surface area contributed by atoms with Crippen molar-refractivity contribution in [1.82, 2.24) is 0 Å². The second-order valence-electron chi connectivity index (χ2n) is 6.16. The molecule has 2 rings (SSSR count). The highest BCUT2D eigenvalue weighted by Crippen LogP contribution is 2.31. The molecule has 0 aliphatic heterocycles. The van der Waals surface area contributed by atoms with Gasteiger partial charge in [-0.1, -0.05) is 31.1 Å². The third kappa shape index (κ3) is 5.50. The molecule has 0 heterocycles. The first-order valence-electron chi connectivity index (χ1n) is 8.22. The van der Waals surface area contributed by atoms with Crippen LogP contribution in [0.2, 0.25) is 0 Å². The summed E-state index contributed by atoms with van der Waals surface area (Å²) in [5.41, 5.74) is 0.672. The zero-order valence-electron chi connectivity index (χ0n) is 14.9. The van der Waals surface area contributed by atoms with Crippen LogP contribution in [-0.2, 0) is 6.42 Å². The van der Waals surface area contributed by atoms with Gasteiger partial charge in [-0.25, -0.2) is 0 Å². The van der Waals surface area contributed by atoms with Crippen LogP contribution in [0.4, 0.5) is 11.4 Å². The molecule has 142 valence electrons. The summed E-state index contributed by atoms with van der Waals surface area (Å²) in [5.74, 6) is 0.0359. The monoisotopic (exact) mass is 373 g/mol. The molecular weight excluding hydrogens is 354 g/mol. The van der Waals surface area contributed by atoms with Gasteiger partial charge in [0, 0.05) is 6.07 Å². The molecule has 0 saturated heterocycles. The molecule has 0 fully saturated rings. The fraction of sp³-hybridized carbons (Fsp3) is 0.278. The summed E-state index contributed by atoms with van der Waals surface area (Å²) in [5, 5.41) is 35.5. The maximum absolute atomic E-state index is 11.1. The average molecular weight is 373 g/mol. The van der Waals surface area contributed by atoms with Crippen molar-refractivity contribution in [2.45, 2.75) is 26.7 Å². The molecule has 0 bridgehead atoms. The number of non-ortho nitro benzene ring substituents is 1. The van der Waals surface area contributed by atoms with E-state index in [4.69, 9.17) is 4.84 Å². The summed E-state index contributed by atoms with van der Waals surface area (Å²) < 4.78 is 0. The van der Waals surface area contributed by atoms with Gasteiger partial charge in [0.05, 0.1) is 21.6 Å². The van der Waals surface area contributed by atoms with Gasteiger partial charge in [-0.15, -0.1) is 0 Å². The fourth-order valence-electron chi connectivity index (χ4n) is 2.37. The molecule has 0 spiro atoms. The third-order valence-electron chi connectivity index (χ3n) is 3.86. The number of nitro benzene ring substituents is 2. The highest BCUT2D eigenvalue weighted by molar-refractivity contribution is 5.86. The maximum Gasteiger partial charge on any atom is 0.321 e. The molecule has 0 saturated carbocycles. The van der Waals surface area contributed by atoms with Crippen molar-refractivity contribution in [3.8, 4) is 11.5 Å². The Bertz CT molecular complexity index is 879. The van der Waals surface area contributed by atoms with E-state index in [2.05, 4.69) is 5.16 Å². The molecule has 0 atom stereocenters. The van der Waals surface area contributed by atoms with Gasteiger partial charge in [-0.2, -0.15) is 0 Å². The van der Waals surface area contributed by atoms with Crippen LogP contribution in [0.3, 0.4) is 0 Å². The molecule has 0 amide bonds. The Morgan fingerprint density at radius 2 is 1.89 bits per heavy atom. The molecule has 1 N–H and O–H groups in total. The number of oxime groups is 1. The van der Waals surface area contributed by atoms with Gasteiger partial charge < -0.3 is 9.94 Å². The summed E-state index contributed by atoms with van der Waals surface area (Å²) in [6, 6.07) is 9.98. The van der Waals surface area contributed by atoms with Crippen molar-refractivity contribution in [1.29, 1.82) is 0 Å². The van der Waals surface area contributed by atoms with Crippen LogP contribution in [-0.4, -0.2) is 20.7 Å². The molecule has 0 radical (unpaired) electrons. The predicted octanol–water partition coefficient (Wildman–Crippen LogP) is 4.23. The fourth-order valence-corrected chi connectivity index (χ4v) is 2.37. The Kier molecular flexibility index (Phi) is 6.42. The van der Waals surface area contributed by atoms with Crippen molar-refractivity contribution in [2.75, 3.05) is 0 Å². The van der Waals surface area contributed by atoms with E-state index >= 15 is 0 Å². The van der Waals surface area contributed by atoms with Gasteiger partial charge in [0.1, 0.15) is 5.75 Å². The highest BCUT2D eigenvalue weighted by atomic mass is 16.7. The molecular formula is C18H19N3O6. The van der Waals surface area contributed by atoms with E-state index in [1.54, 1.807) is 18.2 Å². The van der Waals surface area contributed by atoms with Crippen LogP contribution < -0.4 is 4.84 Å². The minimum absolute atomic E-state index is 0.0272. The first-order valence-corrected chi connectivity index (χ1v) is 8.22. The summed E-state index contributed by atoms with van der Waals surface area (Å²) in [6.07, 6.45) is 1.14. The van der Waals surface area contributed by atoms with E-state index in [9.17, 15) is 25.3 Å². The summed E-state index contributed by atoms with van der Waals surface area (Å²) in [7, 11) is 0. The number of benzene rings is 2. The third-order valence-corrected chi connectivity index (χ3v) is 3.86. The first kappa shape index (κ1) is 19.8. The van der Waals surface area contributed by atoms with Crippen molar-refractivity contribution in [3.05, 3.63) is 68.3 Å². The molecule has 0 aromatic heterocycles. The van der Waals surface area contributed by atoms with Gasteiger partial charge >= 0.3 is 5.69 Å². The number of nitrogens with zero attached hydrogens (tertiary/aromatic N) is 3. The van der Waals surface area contributed by atoms with Crippen molar-refractivity contribution < 1.29 is 19.8 Å². The van der Waals surface area contributed by atoms with E-state index < -0.39 is 21.2 Å². The lowest BCUT2D eigenvalue weighted by molar-refractivity contribution is -0.394. The average Bonchev–Trinajstić information content (AvgIpc) is 2.61. The van der Waals surface area contributed by atoms with Gasteiger partial charge in [-0.05, 0) is 42.5 Å². The zero-order chi connectivity index (χ0) is 20.0. The Morgan fingerprint density at radius 3 is 2.48 bits per heavy atom. The lowest BCUT2D eigenvalue weighted by Gasteiger charge is -2.10. The van der Waals surface area contributed by atoms with Crippen LogP contribution >= 0.6 is 0 Å². The molecule has 27 heavy (non-hydrogen) atoms. The molecule has 0 unspecified atom stereocenters. The summed E-state index contributed by atoms with van der Waals surface area (Å²) in [6.45, 7) is 3.82. The van der Waals surface area contributed by atoms with Gasteiger partial charge in [-0.3, -0.25) is 20.2 Å². The lowest BCUT2D eigenvalue weighted by atomic mass is 10.0. The van der Waals surface area contributed by atoms with Crippen LogP contribution in [0.1, 0.15) is 25.8 Å². The second kappa shape index (κ2) is 8.75. The molecule has 2 aromatic rings. The number of aryl methyl sites for hydroxylation is 1. The lowest BCUT2D eigenvalue weighted by Crippen LogP contribution is -2.11. The number of phenols is 1. The zero-order valence-corrected chi connectivity index (χ0v) is 14.9. The van der Waals surface area contributed by atoms with Crippen LogP contribution in [0.15, 0.2) is 47.6 Å². The van der Waals surface area contributed by atoms with Crippen LogP contribution in [0.25, 0.3) is 0 Å². The van der Waals surface area contributed by atoms with Crippen molar-refractivity contribution in [3.63, 3.8) is 0 Å². The Balaban J connectivity index is 2.19. The molecule has 2 aromatic carbocycles. The molecule has 0 aliphatic rings. The first-order chi connectivity index (χ1) is 12.8. The number of rotatable bonds is 8. The minimum Gasteiger partial charge on any atom is -0.508 e. The van der Waals surface area contributed by atoms with Crippen LogP contribution in [0.5, 0.6) is 11.5 Å². The van der Waals surface area contributed by atoms with Gasteiger partial charge in [0.2, 0.25) is 5.75 Å². The quantitative estimate of drug-likeness (QED) is 0.419. The smallest absolute Gasteiger partial charge is 0.321 e. The topological polar surface area (TPSA) is 128 Å². The minimum atomic E-state index is -0.750. The number of hydrogen-bond acceptors (Lipinski definition) is 7. The van der Waals surface area contributed by atoms with Crippen molar-refractivity contribution >= 4 is 17.1 Å². The van der Waals surface area contributed by atoms with Crippen molar-refractivity contribution in [2.24, 2.45) is 11.1 Å². The number of nitro groups is 2. The van der Waals surface area contributed by atoms with E-state index in [0.29, 0.717) is 18.6 Å². The van der Waals surface area contributed by atoms with Gasteiger partial charge in [0.25, 0.3) is 5.69 Å². The van der Waals surface area contributed by atoms with E-state index in [-0.39, 0.29) is 17.4 Å². The van der Waals surface area contributed by atoms with Crippen LogP contribution in [0, 0.1) is 26.1 Å². The Hall–Kier alpha value is -3.49. The summed E-state index contributed by atoms with van der Waals surface area (Å²) >= 11 is 0. The number of aromatic hydroxyl groups is 1. The Labute approximate surface area is 155 Å². The largest absolute Gasteiger partial charge is 0.508 e. The predicted molar refractivity (Wildman–Crippen MR) is 99.1 cm³/mol. The Morgan fingerprint density at radius 1 is 1.15 bits per heavy atom. The summed E-state index contributed by atoms with van der Waals surface area (Å²) in [4.78, 5) is 25.7. The van der Waals surface area contributed by atoms with Gasteiger partial charge in [0.15, 0.2) is 0 Å². The highest BCUT2D eigenvalue weighted by Gasteiger charge is 2.21. The van der Waals surface area contributed by atoms with E-state index in [1.165, 1.54) is 0 Å². The SMILES string of the molecule is CC(C)/C(CCc1cccc(O)c1)=N/Oc1ccc([N+](=O)[O-])cc1[N+](=O)[O-]. The number of phenolic OH excluding ortho intramolecular Hbond substituents is 1. The standard InChI is InChI=1S/C18H19N3O6/c1-12(2)16(8-6-13-4-3-5-15(22)10-13)19-27-18-9-7-14(20(23)24)11-17(18)21(25)26/h3-5,7,9-12,22H,6,8H2,1-2H3/b19-16+. The second-order valence-corrected chi connectivity index (χ2v) is 6.16. The van der Waals surface area contributed by atoms with E-state index in [1.807, 2.05) is 19.9 Å².